The third-order valence-corrected chi connectivity index (χ3v) is 31.6. The molecule has 9 rings (SSSR count). The maximum absolute atomic E-state index is 14.4. The lowest BCUT2D eigenvalue weighted by molar-refractivity contribution is -0.138. The Kier molecular flexibility index (Phi) is 51.6. The number of nitrogens with zero attached hydrogens (tertiary/aromatic N) is 4. The molecule has 0 saturated carbocycles. The van der Waals surface area contributed by atoms with Gasteiger partial charge in [0.15, 0.2) is 29.5 Å². The summed E-state index contributed by atoms with van der Waals surface area (Å²) in [5, 5.41) is 38.7. The number of carbonyl (C=O) groups excluding carboxylic acids is 6. The van der Waals surface area contributed by atoms with Crippen molar-refractivity contribution >= 4 is 71.2 Å². The number of hydrogen-bond acceptors (Lipinski definition) is 22. The first-order valence-corrected chi connectivity index (χ1v) is 55.2. The number of halogens is 9. The van der Waals surface area contributed by atoms with Gasteiger partial charge < -0.3 is 77.4 Å². The van der Waals surface area contributed by atoms with Gasteiger partial charge in [0, 0.05) is 86.1 Å². The maximum Gasteiger partial charge on any atom is 0.416 e. The topological polar surface area (TPSA) is 430 Å². The fourth-order valence-electron chi connectivity index (χ4n) is 16.9. The third kappa shape index (κ3) is 42.8. The standard InChI is InChI=1S/C37H46F5N3O6S.C36H48F2N4O6S.C36H47F2N3O6S/c1-3-9-31(10-4-2)52(49,50)24-33(44-36(48)51-23-26-11-6-5-7-12-26)35(47)45(16-15-25-13-8-14-28(17-25)37(40,41)42)22-34(46)32(43)20-27-18-29(38)21-30(39)19-27;1-4-9-31(10-5-2)49(46,47)24-33(41-36(45)48-23-27-13-8-14-40-20-27)35(44)42(21-26-12-7-11-25(6-3)15-26)22-34(43)32(39)18-28-16-29(37)19-30(38)17-28;1-4-11-31(12-5-2)48(45,46)24-33(40-36(44)47-23-26-13-8-7-9-14-26)35(43)41(30-16-10-15-25(6-3)19-30)22-34(42)32(39)20-27-17-28(37)21-29(38)18-27/h5-8,11-14,17-19,21,31-34,46H,3-4,9-10,15-16,20,22-24,43H2,1-2H3,(H,44,48);7-8,11-17,19-20,31-34,43H,4-6,9-10,18,21-24,39H2,1-3H3,(H,41,45);7-10,13-19,21,31-34,42H,4-6,11-12,20,22-24,39H2,1-3H3,(H,40,44)/t2*32-,33?,34+;32-,33?,34?/m000/s1. The van der Waals surface area contributed by atoms with Crippen LogP contribution >= 0.6 is 0 Å². The fraction of sp³-hybridized carbons (Fsp3) is 0.459. The van der Waals surface area contributed by atoms with Crippen LogP contribution in [0.5, 0.6) is 0 Å². The third-order valence-electron chi connectivity index (χ3n) is 24.7. The van der Waals surface area contributed by atoms with E-state index in [9.17, 15) is 109 Å². The molecule has 0 fully saturated rings. The van der Waals surface area contributed by atoms with Crippen molar-refractivity contribution in [1.82, 2.24) is 30.7 Å². The molecule has 0 aliphatic heterocycles. The quantitative estimate of drug-likeness (QED) is 0.0126. The molecule has 0 aliphatic carbocycles. The van der Waals surface area contributed by atoms with E-state index in [0.717, 1.165) is 83.1 Å². The highest BCUT2D eigenvalue weighted by atomic mass is 32.2. The molecule has 1 heterocycles. The van der Waals surface area contributed by atoms with Crippen LogP contribution in [0, 0.1) is 34.9 Å². The van der Waals surface area contributed by atoms with Gasteiger partial charge in [-0.1, -0.05) is 215 Å². The van der Waals surface area contributed by atoms with Gasteiger partial charge in [0.2, 0.25) is 11.8 Å². The summed E-state index contributed by atoms with van der Waals surface area (Å²) in [4.78, 5) is 89.6. The first-order chi connectivity index (χ1) is 70.7. The van der Waals surface area contributed by atoms with Crippen LogP contribution in [0.1, 0.15) is 194 Å². The van der Waals surface area contributed by atoms with Gasteiger partial charge in [-0.05, 0) is 188 Å². The van der Waals surface area contributed by atoms with Crippen molar-refractivity contribution in [2.75, 3.05) is 48.3 Å². The first kappa shape index (κ1) is 124. The molecule has 6 amide bonds. The Hall–Kier alpha value is -11.9. The number of ether oxygens (including phenoxy) is 3. The van der Waals surface area contributed by atoms with Crippen molar-refractivity contribution in [3.63, 3.8) is 0 Å². The molecule has 28 nitrogen and oxygen atoms in total. The highest BCUT2D eigenvalue weighted by Crippen LogP contribution is 2.32. The second-order valence-corrected chi connectivity index (χ2v) is 44.0. The van der Waals surface area contributed by atoms with Crippen molar-refractivity contribution in [3.05, 3.63) is 309 Å². The first-order valence-electron chi connectivity index (χ1n) is 50.0. The van der Waals surface area contributed by atoms with Crippen LogP contribution in [-0.2, 0) is 129 Å². The monoisotopic (exact) mass is 2140 g/mol. The molecule has 0 saturated heterocycles. The zero-order valence-corrected chi connectivity index (χ0v) is 87.7. The van der Waals surface area contributed by atoms with Crippen LogP contribution in [-0.4, -0.2) is 205 Å². The van der Waals surface area contributed by atoms with E-state index in [-0.39, 0.29) is 87.4 Å². The lowest BCUT2D eigenvalue weighted by atomic mass is 10.0. The maximum atomic E-state index is 14.4. The zero-order valence-electron chi connectivity index (χ0n) is 85.3. The average Bonchev–Trinajstić information content (AvgIpc) is 0.828. The second-order valence-electron chi connectivity index (χ2n) is 37.0. The van der Waals surface area contributed by atoms with Crippen molar-refractivity contribution in [3.8, 4) is 0 Å². The fourth-order valence-corrected chi connectivity index (χ4v) is 23.4. The number of hydrogen-bond donors (Lipinski definition) is 9. The number of pyridine rings is 1. The van der Waals surface area contributed by atoms with E-state index in [1.807, 2.05) is 85.7 Å². The number of alkyl carbamates (subject to hydrolysis) is 3. The van der Waals surface area contributed by atoms with E-state index < -0.39 is 213 Å². The number of alkyl halides is 3. The van der Waals surface area contributed by atoms with Gasteiger partial charge in [-0.2, -0.15) is 13.2 Å². The molecule has 8 aromatic carbocycles. The van der Waals surface area contributed by atoms with Gasteiger partial charge >= 0.3 is 24.5 Å². The number of benzene rings is 8. The number of aromatic nitrogens is 1. The molecular formula is C109H141F9N10O18S3. The number of carbonyl (C=O) groups is 6. The summed E-state index contributed by atoms with van der Waals surface area (Å²) in [7, 11) is -11.8. The minimum Gasteiger partial charge on any atom is -0.445 e. The van der Waals surface area contributed by atoms with Gasteiger partial charge in [-0.3, -0.25) is 19.4 Å². The zero-order chi connectivity index (χ0) is 110. The predicted molar refractivity (Wildman–Crippen MR) is 554 cm³/mol. The summed E-state index contributed by atoms with van der Waals surface area (Å²) < 4.78 is 222. The molecule has 816 valence electrons. The number of nitrogens with two attached hydrogens (primary N) is 3. The summed E-state index contributed by atoms with van der Waals surface area (Å²) in [6, 6.07) is 40.1. The van der Waals surface area contributed by atoms with Crippen LogP contribution in [0.4, 0.5) is 59.6 Å². The van der Waals surface area contributed by atoms with E-state index in [4.69, 9.17) is 31.4 Å². The van der Waals surface area contributed by atoms with Gasteiger partial charge in [-0.15, -0.1) is 0 Å². The number of aryl methyl sites for hydroxylation is 2. The Morgan fingerprint density at radius 1 is 0.369 bits per heavy atom. The molecule has 0 spiro atoms. The Morgan fingerprint density at radius 2 is 0.698 bits per heavy atom. The summed E-state index contributed by atoms with van der Waals surface area (Å²) in [6.07, 6.45) is -2.48. The number of aliphatic hydroxyl groups excluding tert-OH is 3. The smallest absolute Gasteiger partial charge is 0.416 e. The second kappa shape index (κ2) is 62.0. The molecule has 9 atom stereocenters. The van der Waals surface area contributed by atoms with E-state index in [1.165, 1.54) is 28.1 Å². The van der Waals surface area contributed by atoms with Crippen molar-refractivity contribution in [2.24, 2.45) is 17.2 Å². The molecule has 1 aromatic heterocycles. The number of amides is 6. The molecule has 0 radical (unpaired) electrons. The molecule has 12 N–H and O–H groups in total. The van der Waals surface area contributed by atoms with Crippen LogP contribution in [0.25, 0.3) is 0 Å². The van der Waals surface area contributed by atoms with Crippen LogP contribution in [0.15, 0.2) is 213 Å². The highest BCUT2D eigenvalue weighted by Gasteiger charge is 2.42. The normalized spacial score (nSPS) is 13.6. The van der Waals surface area contributed by atoms with Crippen LogP contribution in [0.3, 0.4) is 0 Å². The lowest BCUT2D eigenvalue weighted by Gasteiger charge is -2.32. The minimum absolute atomic E-state index is 0.0403. The van der Waals surface area contributed by atoms with Gasteiger partial charge in [0.1, 0.15) is 72.8 Å². The van der Waals surface area contributed by atoms with Crippen LogP contribution in [0.2, 0.25) is 0 Å². The predicted octanol–water partition coefficient (Wildman–Crippen LogP) is 16.3. The van der Waals surface area contributed by atoms with E-state index in [2.05, 4.69) is 20.9 Å². The molecule has 4 unspecified atom stereocenters. The van der Waals surface area contributed by atoms with Crippen LogP contribution < -0.4 is 38.1 Å². The summed E-state index contributed by atoms with van der Waals surface area (Å²) in [6.45, 7) is 12.9. The van der Waals surface area contributed by atoms with Crippen molar-refractivity contribution < 1.29 is 123 Å². The molecule has 149 heavy (non-hydrogen) atoms. The Morgan fingerprint density at radius 3 is 1.07 bits per heavy atom. The van der Waals surface area contributed by atoms with Gasteiger partial charge in [0.05, 0.1) is 63.4 Å². The summed E-state index contributed by atoms with van der Waals surface area (Å²) in [5.41, 5.74) is 23.4. The van der Waals surface area contributed by atoms with Crippen molar-refractivity contribution in [2.45, 2.75) is 274 Å². The largest absolute Gasteiger partial charge is 0.445 e. The molecule has 0 bridgehead atoms. The number of nitrogens with one attached hydrogen (secondary N) is 3. The van der Waals surface area contributed by atoms with Gasteiger partial charge in [0.25, 0.3) is 5.91 Å². The highest BCUT2D eigenvalue weighted by molar-refractivity contribution is 7.92. The lowest BCUT2D eigenvalue weighted by Crippen LogP contribution is -2.56. The molecule has 40 heteroatoms. The number of sulfone groups is 3. The molecule has 9 aromatic rings. The van der Waals surface area contributed by atoms with Crippen molar-refractivity contribution in [1.29, 1.82) is 0 Å². The summed E-state index contributed by atoms with van der Waals surface area (Å²) in [5.74, 6) is -9.61. The van der Waals surface area contributed by atoms with E-state index >= 15 is 0 Å². The average molecular weight is 2150 g/mol. The molecule has 0 aliphatic rings. The number of anilines is 1. The van der Waals surface area contributed by atoms with E-state index in [1.54, 1.807) is 97.2 Å². The Balaban J connectivity index is 0.000000303. The summed E-state index contributed by atoms with van der Waals surface area (Å²) >= 11 is 0. The number of rotatable bonds is 56. The minimum atomic E-state index is -4.64. The number of aliphatic hydroxyl groups is 3. The molecular weight excluding hydrogens is 2000 g/mol. The van der Waals surface area contributed by atoms with Gasteiger partial charge in [-0.25, -0.2) is 66.0 Å². The SMILES string of the molecule is CCCC(CCC)S(=O)(=O)CC(NC(=O)OCc1ccccc1)C(=O)N(CC(O)[C@@H](N)Cc1cc(F)cc(F)c1)c1cccc(CC)c1.CCCC(CCC)S(=O)(=O)CC(NC(=O)OCc1ccccc1)C(=O)N(CCc1cccc(C(F)(F)F)c1)C[C@@H](O)[C@@H](N)Cc1cc(F)cc(F)c1.CCCC(CCC)S(=O)(=O)CC(NC(=O)OCc1cccnc1)C(=O)N(Cc1cccc(CC)c1)C[C@@H](O)[C@@H](N)Cc1cc(F)cc(F)c1. The Bertz CT molecular complexity index is 5990. The van der Waals surface area contributed by atoms with E-state index in [0.29, 0.717) is 117 Å². The Labute approximate surface area is 868 Å².